The third-order valence-corrected chi connectivity index (χ3v) is 6.85. The maximum atomic E-state index is 13.4. The zero-order chi connectivity index (χ0) is 24.5. The number of aromatic nitrogens is 1. The maximum absolute atomic E-state index is 13.4. The summed E-state index contributed by atoms with van der Waals surface area (Å²) in [4.78, 5) is 44.5. The second-order valence-electron chi connectivity index (χ2n) is 7.57. The number of benzene rings is 3. The van der Waals surface area contributed by atoms with Gasteiger partial charge in [0.15, 0.2) is 0 Å². The number of hydrogen-bond acceptors (Lipinski definition) is 7. The van der Waals surface area contributed by atoms with Gasteiger partial charge in [-0.2, -0.15) is 10.1 Å². The first kappa shape index (κ1) is 22.9. The van der Waals surface area contributed by atoms with Crippen LogP contribution in [0.3, 0.4) is 0 Å². The van der Waals surface area contributed by atoms with Gasteiger partial charge in [0.1, 0.15) is 12.3 Å². The molecule has 1 aliphatic heterocycles. The standard InChI is InChI=1S/C25H17BrN4O4S/c1-34-17-9-6-15(7-10-17)13-27-30(25-28-20-11-8-16(26)12-21(20)35-25)22(31)14-29-23(32)18-4-2-3-5-19(18)24(29)33/h2-13H,14H2,1H3/b27-13+. The van der Waals surface area contributed by atoms with Crippen LogP contribution in [0.1, 0.15) is 26.3 Å². The van der Waals surface area contributed by atoms with Crippen molar-refractivity contribution in [3.8, 4) is 5.75 Å². The number of nitrogens with zero attached hydrogens (tertiary/aromatic N) is 4. The number of carbonyl (C=O) groups is 3. The van der Waals surface area contributed by atoms with E-state index >= 15 is 0 Å². The van der Waals surface area contributed by atoms with Gasteiger partial charge in [-0.05, 0) is 60.2 Å². The van der Waals surface area contributed by atoms with E-state index in [2.05, 4.69) is 26.0 Å². The van der Waals surface area contributed by atoms with Gasteiger partial charge >= 0.3 is 0 Å². The molecule has 0 N–H and O–H groups in total. The number of hydrazone groups is 1. The van der Waals surface area contributed by atoms with E-state index in [0.29, 0.717) is 16.4 Å². The number of carbonyl (C=O) groups excluding carboxylic acids is 3. The van der Waals surface area contributed by atoms with E-state index in [1.54, 1.807) is 55.6 Å². The van der Waals surface area contributed by atoms with Crippen molar-refractivity contribution in [1.82, 2.24) is 9.88 Å². The quantitative estimate of drug-likeness (QED) is 0.197. The maximum Gasteiger partial charge on any atom is 0.269 e. The number of hydrogen-bond donors (Lipinski definition) is 0. The summed E-state index contributed by atoms with van der Waals surface area (Å²) in [6.07, 6.45) is 1.52. The number of thiazole rings is 1. The number of rotatable bonds is 6. The van der Waals surface area contributed by atoms with E-state index in [9.17, 15) is 14.4 Å². The first-order valence-corrected chi connectivity index (χ1v) is 12.1. The summed E-state index contributed by atoms with van der Waals surface area (Å²) in [5, 5.41) is 5.84. The molecule has 2 heterocycles. The van der Waals surface area contributed by atoms with Gasteiger partial charge in [0.25, 0.3) is 17.7 Å². The zero-order valence-electron chi connectivity index (χ0n) is 18.3. The van der Waals surface area contributed by atoms with Crippen molar-refractivity contribution in [2.45, 2.75) is 0 Å². The molecular formula is C25H17BrN4O4S. The average Bonchev–Trinajstić information content (AvgIpc) is 3.39. The predicted molar refractivity (Wildman–Crippen MR) is 137 cm³/mol. The van der Waals surface area contributed by atoms with Crippen LogP contribution in [0.5, 0.6) is 5.75 Å². The van der Waals surface area contributed by atoms with Gasteiger partial charge in [0, 0.05) is 4.47 Å². The second-order valence-corrected chi connectivity index (χ2v) is 9.50. The van der Waals surface area contributed by atoms with Crippen LogP contribution in [0.15, 0.2) is 76.3 Å². The Bertz CT molecular complexity index is 1460. The van der Waals surface area contributed by atoms with Crippen molar-refractivity contribution < 1.29 is 19.1 Å². The topological polar surface area (TPSA) is 92.2 Å². The summed E-state index contributed by atoms with van der Waals surface area (Å²) < 4.78 is 6.91. The third kappa shape index (κ3) is 4.45. The van der Waals surface area contributed by atoms with E-state index < -0.39 is 24.3 Å². The fourth-order valence-electron chi connectivity index (χ4n) is 3.60. The molecule has 1 aliphatic rings. The molecule has 3 aromatic carbocycles. The van der Waals surface area contributed by atoms with Crippen LogP contribution in [-0.4, -0.2) is 47.5 Å². The Labute approximate surface area is 212 Å². The highest BCUT2D eigenvalue weighted by Gasteiger charge is 2.37. The number of anilines is 1. The fraction of sp³-hybridized carbons (Fsp3) is 0.0800. The van der Waals surface area contributed by atoms with Crippen LogP contribution in [-0.2, 0) is 4.79 Å². The van der Waals surface area contributed by atoms with Crippen molar-refractivity contribution in [2.75, 3.05) is 18.7 Å². The Hall–Kier alpha value is -3.89. The summed E-state index contributed by atoms with van der Waals surface area (Å²) in [6, 6.07) is 19.3. The Morgan fingerprint density at radius 3 is 2.43 bits per heavy atom. The van der Waals surface area contributed by atoms with Gasteiger partial charge < -0.3 is 4.74 Å². The van der Waals surface area contributed by atoms with Crippen molar-refractivity contribution in [1.29, 1.82) is 0 Å². The van der Waals surface area contributed by atoms with Crippen molar-refractivity contribution in [2.24, 2.45) is 5.10 Å². The summed E-state index contributed by atoms with van der Waals surface area (Å²) in [6.45, 7) is -0.466. The minimum absolute atomic E-state index is 0.281. The van der Waals surface area contributed by atoms with Crippen LogP contribution >= 0.6 is 27.3 Å². The smallest absolute Gasteiger partial charge is 0.269 e. The monoisotopic (exact) mass is 548 g/mol. The van der Waals surface area contributed by atoms with Gasteiger partial charge in [-0.3, -0.25) is 19.3 Å². The van der Waals surface area contributed by atoms with Crippen molar-refractivity contribution >= 4 is 66.6 Å². The molecular weight excluding hydrogens is 532 g/mol. The van der Waals surface area contributed by atoms with Crippen LogP contribution in [0.2, 0.25) is 0 Å². The van der Waals surface area contributed by atoms with Crippen LogP contribution in [0.25, 0.3) is 10.2 Å². The van der Waals surface area contributed by atoms with Gasteiger partial charge in [-0.15, -0.1) is 0 Å². The SMILES string of the molecule is COc1ccc(/C=N/N(C(=O)CN2C(=O)c3ccccc3C2=O)c2nc3ccc(Br)cc3s2)cc1. The van der Waals surface area contributed by atoms with Crippen LogP contribution < -0.4 is 9.75 Å². The summed E-state index contributed by atoms with van der Waals surface area (Å²) in [7, 11) is 1.58. The van der Waals surface area contributed by atoms with E-state index in [-0.39, 0.29) is 11.1 Å². The molecule has 10 heteroatoms. The lowest BCUT2D eigenvalue weighted by atomic mass is 10.1. The molecule has 0 spiro atoms. The van der Waals surface area contributed by atoms with E-state index in [0.717, 1.165) is 24.6 Å². The number of amides is 3. The molecule has 1 aromatic heterocycles. The number of halogens is 1. The van der Waals surface area contributed by atoms with Crippen molar-refractivity contribution in [3.05, 3.63) is 87.9 Å². The lowest BCUT2D eigenvalue weighted by Gasteiger charge is -2.18. The highest BCUT2D eigenvalue weighted by Crippen LogP contribution is 2.32. The molecule has 4 aromatic rings. The highest BCUT2D eigenvalue weighted by atomic mass is 79.9. The summed E-state index contributed by atoms with van der Waals surface area (Å²) in [5.74, 6) is -0.891. The van der Waals surface area contributed by atoms with Crippen LogP contribution in [0.4, 0.5) is 5.13 Å². The normalized spacial score (nSPS) is 13.0. The zero-order valence-corrected chi connectivity index (χ0v) is 20.7. The molecule has 0 radical (unpaired) electrons. The lowest BCUT2D eigenvalue weighted by molar-refractivity contribution is -0.118. The Balaban J connectivity index is 1.47. The molecule has 35 heavy (non-hydrogen) atoms. The molecule has 0 saturated heterocycles. The summed E-state index contributed by atoms with van der Waals surface area (Å²) >= 11 is 4.72. The van der Waals surface area contributed by atoms with Gasteiger partial charge in [0.2, 0.25) is 5.13 Å². The molecule has 0 bridgehead atoms. The first-order chi connectivity index (χ1) is 16.9. The first-order valence-electron chi connectivity index (χ1n) is 10.5. The largest absolute Gasteiger partial charge is 0.497 e. The van der Waals surface area contributed by atoms with Crippen LogP contribution in [0, 0.1) is 0 Å². The molecule has 0 unspecified atom stereocenters. The third-order valence-electron chi connectivity index (χ3n) is 5.37. The van der Waals surface area contributed by atoms with Crippen molar-refractivity contribution in [3.63, 3.8) is 0 Å². The molecule has 0 atom stereocenters. The molecule has 8 nitrogen and oxygen atoms in total. The second kappa shape index (κ2) is 9.40. The van der Waals surface area contributed by atoms with E-state index in [1.165, 1.54) is 17.6 Å². The van der Waals surface area contributed by atoms with Gasteiger partial charge in [0.05, 0.1) is 34.7 Å². The Morgan fingerprint density at radius 2 is 1.77 bits per heavy atom. The lowest BCUT2D eigenvalue weighted by Crippen LogP contribution is -2.41. The Morgan fingerprint density at radius 1 is 1.09 bits per heavy atom. The minimum Gasteiger partial charge on any atom is -0.497 e. The fourth-order valence-corrected chi connectivity index (χ4v) is 5.09. The number of ether oxygens (including phenoxy) is 1. The molecule has 5 rings (SSSR count). The van der Waals surface area contributed by atoms with E-state index in [1.807, 2.05) is 18.2 Å². The average molecular weight is 549 g/mol. The van der Waals surface area contributed by atoms with E-state index in [4.69, 9.17) is 4.74 Å². The number of fused-ring (bicyclic) bond motifs is 2. The minimum atomic E-state index is -0.567. The molecule has 3 amide bonds. The molecule has 0 saturated carbocycles. The number of imide groups is 1. The summed E-state index contributed by atoms with van der Waals surface area (Å²) in [5.41, 5.74) is 1.99. The highest BCUT2D eigenvalue weighted by molar-refractivity contribution is 9.10. The predicted octanol–water partition coefficient (Wildman–Crippen LogP) is 4.73. The van der Waals surface area contributed by atoms with Gasteiger partial charge in [-0.1, -0.05) is 39.4 Å². The number of methoxy groups -OCH3 is 1. The Kier molecular flexibility index (Phi) is 6.14. The molecule has 0 fully saturated rings. The van der Waals surface area contributed by atoms with Gasteiger partial charge in [-0.25, -0.2) is 4.98 Å². The molecule has 0 aliphatic carbocycles. The molecule has 174 valence electrons.